The molecule has 0 saturated heterocycles. The molecule has 0 fully saturated rings. The average molecular weight is 199 g/mol. The summed E-state index contributed by atoms with van der Waals surface area (Å²) in [4.78, 5) is 0. The summed E-state index contributed by atoms with van der Waals surface area (Å²) in [7, 11) is 0. The normalized spacial score (nSPS) is 13.0. The third-order valence-electron chi connectivity index (χ3n) is 2.11. The van der Waals surface area contributed by atoms with E-state index in [0.717, 1.165) is 12.5 Å². The maximum atomic E-state index is 13.0. The Kier molecular flexibility index (Phi) is 2.63. The van der Waals surface area contributed by atoms with Crippen molar-refractivity contribution in [2.45, 2.75) is 32.2 Å². The van der Waals surface area contributed by atoms with Crippen molar-refractivity contribution in [2.75, 3.05) is 0 Å². The fraction of sp³-hybridized carbons (Fsp3) is 0.455. The van der Waals surface area contributed by atoms with E-state index < -0.39 is 11.5 Å². The molecule has 0 aromatic heterocycles. The summed E-state index contributed by atoms with van der Waals surface area (Å²) in [5.74, 6) is -2.80. The lowest BCUT2D eigenvalue weighted by molar-refractivity contribution is 0.0173. The molecule has 1 aromatic carbocycles. The minimum Gasteiger partial charge on any atom is -0.322 e. The van der Waals surface area contributed by atoms with Crippen LogP contribution in [0.15, 0.2) is 24.3 Å². The number of rotatable bonds is 2. The van der Waals surface area contributed by atoms with Gasteiger partial charge in [0.25, 0.3) is 5.92 Å². The second-order valence-electron chi connectivity index (χ2n) is 4.19. The fourth-order valence-electron chi connectivity index (χ4n) is 1.19. The number of benzene rings is 1. The summed E-state index contributed by atoms with van der Waals surface area (Å²) < 4.78 is 26.0. The van der Waals surface area contributed by atoms with Crippen molar-refractivity contribution < 1.29 is 8.78 Å². The molecule has 0 heterocycles. The smallest absolute Gasteiger partial charge is 0.270 e. The van der Waals surface area contributed by atoms with Gasteiger partial charge in [0.05, 0.1) is 0 Å². The quantitative estimate of drug-likeness (QED) is 0.778. The van der Waals surface area contributed by atoms with Crippen LogP contribution in [0, 0.1) is 0 Å². The Labute approximate surface area is 82.9 Å². The Hall–Kier alpha value is -0.960. The molecular weight excluding hydrogens is 184 g/mol. The van der Waals surface area contributed by atoms with Gasteiger partial charge in [-0.05, 0) is 25.5 Å². The van der Waals surface area contributed by atoms with Crippen LogP contribution >= 0.6 is 0 Å². The van der Waals surface area contributed by atoms with E-state index in [0.29, 0.717) is 0 Å². The zero-order valence-corrected chi connectivity index (χ0v) is 8.64. The molecule has 0 aliphatic rings. The van der Waals surface area contributed by atoms with Crippen LogP contribution in [0.1, 0.15) is 31.9 Å². The zero-order valence-electron chi connectivity index (χ0n) is 8.64. The minimum absolute atomic E-state index is 0.00789. The summed E-state index contributed by atoms with van der Waals surface area (Å²) in [6.07, 6.45) is 0. The molecule has 0 aliphatic heterocycles. The standard InChI is InChI=1S/C11H15F2N/c1-10(2,14)8-5-4-6-9(7-8)11(3,12)13/h4-7H,14H2,1-3H3. The van der Waals surface area contributed by atoms with Crippen molar-refractivity contribution in [1.82, 2.24) is 0 Å². The van der Waals surface area contributed by atoms with Gasteiger partial charge in [-0.1, -0.05) is 18.2 Å². The van der Waals surface area contributed by atoms with E-state index in [1.165, 1.54) is 12.1 Å². The largest absolute Gasteiger partial charge is 0.322 e. The Morgan fingerprint density at radius 1 is 1.07 bits per heavy atom. The Bertz CT molecular complexity index is 292. The summed E-state index contributed by atoms with van der Waals surface area (Å²) in [6.45, 7) is 4.47. The summed E-state index contributed by atoms with van der Waals surface area (Å²) in [5, 5.41) is 0. The number of halogens is 2. The SMILES string of the molecule is CC(C)(N)c1cccc(C(C)(F)F)c1. The van der Waals surface area contributed by atoms with Gasteiger partial charge in [-0.25, -0.2) is 8.78 Å². The van der Waals surface area contributed by atoms with E-state index in [4.69, 9.17) is 5.73 Å². The summed E-state index contributed by atoms with van der Waals surface area (Å²) >= 11 is 0. The number of alkyl halides is 2. The van der Waals surface area contributed by atoms with Crippen LogP contribution in [-0.2, 0) is 11.5 Å². The third kappa shape index (κ3) is 2.51. The second-order valence-corrected chi connectivity index (χ2v) is 4.19. The maximum absolute atomic E-state index is 13.0. The van der Waals surface area contributed by atoms with Gasteiger partial charge in [-0.2, -0.15) is 0 Å². The van der Waals surface area contributed by atoms with Crippen LogP contribution in [0.5, 0.6) is 0 Å². The zero-order chi connectivity index (χ0) is 11.0. The van der Waals surface area contributed by atoms with Gasteiger partial charge in [-0.3, -0.25) is 0 Å². The van der Waals surface area contributed by atoms with E-state index in [9.17, 15) is 8.78 Å². The Morgan fingerprint density at radius 3 is 2.00 bits per heavy atom. The van der Waals surface area contributed by atoms with E-state index >= 15 is 0 Å². The second kappa shape index (κ2) is 3.31. The lowest BCUT2D eigenvalue weighted by Gasteiger charge is -2.21. The number of hydrogen-bond acceptors (Lipinski definition) is 1. The Balaban J connectivity index is 3.15. The van der Waals surface area contributed by atoms with Gasteiger partial charge in [0.15, 0.2) is 0 Å². The van der Waals surface area contributed by atoms with Gasteiger partial charge in [-0.15, -0.1) is 0 Å². The van der Waals surface area contributed by atoms with Crippen LogP contribution in [-0.4, -0.2) is 0 Å². The molecule has 1 nitrogen and oxygen atoms in total. The monoisotopic (exact) mass is 199 g/mol. The molecule has 0 aliphatic carbocycles. The highest BCUT2D eigenvalue weighted by Crippen LogP contribution is 2.29. The third-order valence-corrected chi connectivity index (χ3v) is 2.11. The summed E-state index contributed by atoms with van der Waals surface area (Å²) in [6, 6.07) is 6.24. The van der Waals surface area contributed by atoms with Gasteiger partial charge in [0.1, 0.15) is 0 Å². The predicted molar refractivity (Wildman–Crippen MR) is 53.2 cm³/mol. The first kappa shape index (κ1) is 11.1. The molecule has 2 N–H and O–H groups in total. The summed E-state index contributed by atoms with van der Waals surface area (Å²) in [5.41, 5.74) is 5.97. The first-order valence-corrected chi connectivity index (χ1v) is 4.49. The van der Waals surface area contributed by atoms with Crippen molar-refractivity contribution >= 4 is 0 Å². The van der Waals surface area contributed by atoms with Crippen molar-refractivity contribution in [3.63, 3.8) is 0 Å². The molecule has 0 radical (unpaired) electrons. The molecule has 0 unspecified atom stereocenters. The van der Waals surface area contributed by atoms with Crippen molar-refractivity contribution in [3.8, 4) is 0 Å². The van der Waals surface area contributed by atoms with Crippen LogP contribution in [0.2, 0.25) is 0 Å². The predicted octanol–water partition coefficient (Wildman–Crippen LogP) is 2.99. The first-order valence-electron chi connectivity index (χ1n) is 4.49. The highest BCUT2D eigenvalue weighted by Gasteiger charge is 2.25. The molecule has 0 spiro atoms. The molecule has 14 heavy (non-hydrogen) atoms. The molecule has 78 valence electrons. The Morgan fingerprint density at radius 2 is 1.57 bits per heavy atom. The lowest BCUT2D eigenvalue weighted by atomic mass is 9.93. The molecule has 0 saturated carbocycles. The van der Waals surface area contributed by atoms with Crippen LogP contribution in [0.3, 0.4) is 0 Å². The topological polar surface area (TPSA) is 26.0 Å². The van der Waals surface area contributed by atoms with Crippen molar-refractivity contribution in [1.29, 1.82) is 0 Å². The first-order chi connectivity index (χ1) is 6.21. The van der Waals surface area contributed by atoms with Crippen LogP contribution in [0.4, 0.5) is 8.78 Å². The van der Waals surface area contributed by atoms with Gasteiger partial charge >= 0.3 is 0 Å². The lowest BCUT2D eigenvalue weighted by Crippen LogP contribution is -2.29. The fourth-order valence-corrected chi connectivity index (χ4v) is 1.19. The van der Waals surface area contributed by atoms with E-state index in [2.05, 4.69) is 0 Å². The van der Waals surface area contributed by atoms with E-state index in [-0.39, 0.29) is 5.56 Å². The van der Waals surface area contributed by atoms with Gasteiger partial charge in [0, 0.05) is 18.0 Å². The average Bonchev–Trinajstić information content (AvgIpc) is 2.01. The van der Waals surface area contributed by atoms with Gasteiger partial charge in [0.2, 0.25) is 0 Å². The molecule has 0 bridgehead atoms. The maximum Gasteiger partial charge on any atom is 0.270 e. The molecule has 1 aromatic rings. The molecule has 3 heteroatoms. The van der Waals surface area contributed by atoms with Crippen molar-refractivity contribution in [2.24, 2.45) is 5.73 Å². The highest BCUT2D eigenvalue weighted by molar-refractivity contribution is 5.30. The van der Waals surface area contributed by atoms with Gasteiger partial charge < -0.3 is 5.73 Å². The number of hydrogen-bond donors (Lipinski definition) is 1. The molecule has 0 atom stereocenters. The van der Waals surface area contributed by atoms with Crippen molar-refractivity contribution in [3.05, 3.63) is 35.4 Å². The number of nitrogens with two attached hydrogens (primary N) is 1. The van der Waals surface area contributed by atoms with E-state index in [1.807, 2.05) is 0 Å². The molecule has 0 amide bonds. The minimum atomic E-state index is -2.80. The molecular formula is C11H15F2N. The highest BCUT2D eigenvalue weighted by atomic mass is 19.3. The molecule has 1 rings (SSSR count). The van der Waals surface area contributed by atoms with Crippen LogP contribution < -0.4 is 5.73 Å². The van der Waals surface area contributed by atoms with E-state index in [1.54, 1.807) is 26.0 Å². The van der Waals surface area contributed by atoms with Crippen LogP contribution in [0.25, 0.3) is 0 Å².